The van der Waals surface area contributed by atoms with E-state index in [4.69, 9.17) is 9.78 Å². The number of nitrogens with one attached hydrogen (secondary N) is 1. The molecule has 1 N–H and O–H groups in total. The van der Waals surface area contributed by atoms with Gasteiger partial charge in [0.2, 0.25) is 11.7 Å². The van der Waals surface area contributed by atoms with Crippen LogP contribution in [-0.2, 0) is 6.54 Å². The zero-order valence-corrected chi connectivity index (χ0v) is 13.5. The van der Waals surface area contributed by atoms with Crippen molar-refractivity contribution < 1.29 is 9.32 Å². The number of hydrogen-bond acceptors (Lipinski definition) is 5. The summed E-state index contributed by atoms with van der Waals surface area (Å²) < 4.78 is 5.18. The molecule has 0 spiro atoms. The quantitative estimate of drug-likeness (QED) is 0.935. The highest BCUT2D eigenvalue weighted by molar-refractivity contribution is 5.74. The molecule has 2 amide bonds. The van der Waals surface area contributed by atoms with Crippen LogP contribution in [0.1, 0.15) is 24.3 Å². The number of aromatic nitrogens is 2. The minimum Gasteiger partial charge on any atom is -0.337 e. The number of amides is 2. The summed E-state index contributed by atoms with van der Waals surface area (Å²) in [6.07, 6.45) is 1.45. The van der Waals surface area contributed by atoms with Crippen molar-refractivity contribution in [2.45, 2.75) is 26.3 Å². The Hall–Kier alpha value is -2.88. The van der Waals surface area contributed by atoms with Crippen molar-refractivity contribution in [2.24, 2.45) is 5.92 Å². The first-order valence-electron chi connectivity index (χ1n) is 7.97. The monoisotopic (exact) mass is 325 g/mol. The van der Waals surface area contributed by atoms with E-state index in [9.17, 15) is 4.79 Å². The second kappa shape index (κ2) is 7.13. The van der Waals surface area contributed by atoms with Gasteiger partial charge in [0.15, 0.2) is 0 Å². The second-order valence-electron chi connectivity index (χ2n) is 5.93. The van der Waals surface area contributed by atoms with Gasteiger partial charge in [0.25, 0.3) is 0 Å². The zero-order valence-electron chi connectivity index (χ0n) is 13.5. The molecule has 2 heterocycles. The van der Waals surface area contributed by atoms with Crippen LogP contribution in [0.25, 0.3) is 11.4 Å². The molecule has 7 heteroatoms. The largest absolute Gasteiger partial charge is 0.337 e. The number of nitrogens with zero attached hydrogens (tertiary/aromatic N) is 4. The van der Waals surface area contributed by atoms with Gasteiger partial charge in [-0.05, 0) is 19.8 Å². The second-order valence-corrected chi connectivity index (χ2v) is 5.93. The molecule has 0 bridgehead atoms. The summed E-state index contributed by atoms with van der Waals surface area (Å²) in [5.74, 6) is 0.932. The van der Waals surface area contributed by atoms with Crippen LogP contribution in [0.3, 0.4) is 0 Å². The molecule has 24 heavy (non-hydrogen) atoms. The van der Waals surface area contributed by atoms with E-state index in [-0.39, 0.29) is 18.5 Å². The number of likely N-dealkylation sites (tertiary alicyclic amines) is 1. The highest BCUT2D eigenvalue weighted by Crippen LogP contribution is 2.17. The van der Waals surface area contributed by atoms with Crippen molar-refractivity contribution in [3.05, 3.63) is 35.7 Å². The molecule has 1 fully saturated rings. The average Bonchev–Trinajstić information content (AvgIpc) is 3.09. The Bertz CT molecular complexity index is 739. The zero-order chi connectivity index (χ0) is 16.9. The van der Waals surface area contributed by atoms with E-state index in [1.165, 1.54) is 0 Å². The van der Waals surface area contributed by atoms with Crippen LogP contribution < -0.4 is 5.32 Å². The maximum atomic E-state index is 12.1. The van der Waals surface area contributed by atoms with E-state index in [1.807, 2.05) is 31.2 Å². The molecule has 0 unspecified atom stereocenters. The minimum absolute atomic E-state index is 0.0575. The van der Waals surface area contributed by atoms with E-state index in [0.717, 1.165) is 24.0 Å². The van der Waals surface area contributed by atoms with Crippen LogP contribution >= 0.6 is 0 Å². The Labute approximate surface area is 140 Å². The van der Waals surface area contributed by atoms with Crippen molar-refractivity contribution in [1.82, 2.24) is 20.4 Å². The number of urea groups is 1. The Kier molecular flexibility index (Phi) is 4.75. The Morgan fingerprint density at radius 1 is 1.38 bits per heavy atom. The Morgan fingerprint density at radius 3 is 2.75 bits per heavy atom. The number of nitriles is 1. The molecule has 0 radical (unpaired) electrons. The fourth-order valence-electron chi connectivity index (χ4n) is 2.62. The summed E-state index contributed by atoms with van der Waals surface area (Å²) in [5.41, 5.74) is 2.04. The lowest BCUT2D eigenvalue weighted by Gasteiger charge is -2.28. The number of carbonyl (C=O) groups excluding carboxylic acids is 1. The number of benzene rings is 1. The van der Waals surface area contributed by atoms with E-state index in [1.54, 1.807) is 4.90 Å². The number of carbonyl (C=O) groups is 1. The summed E-state index contributed by atoms with van der Waals surface area (Å²) in [4.78, 5) is 18.1. The molecule has 1 saturated heterocycles. The van der Waals surface area contributed by atoms with E-state index >= 15 is 0 Å². The molecule has 2 aromatic rings. The standard InChI is InChI=1S/C17H19N5O2/c1-12-2-4-14(5-3-12)16-20-15(24-21-16)11-19-17(23)22-8-6-13(10-18)7-9-22/h2-5,13H,6-9,11H2,1H3,(H,19,23). The van der Waals surface area contributed by atoms with Crippen molar-refractivity contribution in [2.75, 3.05) is 13.1 Å². The van der Waals surface area contributed by atoms with Crippen molar-refractivity contribution in [3.63, 3.8) is 0 Å². The molecular weight excluding hydrogens is 306 g/mol. The number of piperidine rings is 1. The molecule has 0 atom stereocenters. The third-order valence-corrected chi connectivity index (χ3v) is 4.13. The normalized spacial score (nSPS) is 15.1. The maximum Gasteiger partial charge on any atom is 0.317 e. The lowest BCUT2D eigenvalue weighted by Crippen LogP contribution is -2.44. The SMILES string of the molecule is Cc1ccc(-c2noc(CNC(=O)N3CCC(C#N)CC3)n2)cc1. The third kappa shape index (κ3) is 3.71. The maximum absolute atomic E-state index is 12.1. The predicted octanol–water partition coefficient (Wildman–Crippen LogP) is 2.49. The molecule has 0 aliphatic carbocycles. The minimum atomic E-state index is -0.165. The molecule has 3 rings (SSSR count). The molecule has 124 valence electrons. The van der Waals surface area contributed by atoms with Gasteiger partial charge in [-0.25, -0.2) is 4.79 Å². The first kappa shape index (κ1) is 16.0. The smallest absolute Gasteiger partial charge is 0.317 e. The van der Waals surface area contributed by atoms with Crippen LogP contribution in [0.15, 0.2) is 28.8 Å². The highest BCUT2D eigenvalue weighted by atomic mass is 16.5. The molecule has 0 saturated carbocycles. The number of aryl methyl sites for hydroxylation is 1. The molecule has 1 aromatic carbocycles. The fourth-order valence-corrected chi connectivity index (χ4v) is 2.62. The van der Waals surface area contributed by atoms with E-state index < -0.39 is 0 Å². The van der Waals surface area contributed by atoms with Gasteiger partial charge in [0.05, 0.1) is 12.6 Å². The Morgan fingerprint density at radius 2 is 2.08 bits per heavy atom. The van der Waals surface area contributed by atoms with Gasteiger partial charge in [0, 0.05) is 24.6 Å². The predicted molar refractivity (Wildman–Crippen MR) is 86.6 cm³/mol. The van der Waals surface area contributed by atoms with Gasteiger partial charge < -0.3 is 14.7 Å². The van der Waals surface area contributed by atoms with Gasteiger partial charge in [-0.1, -0.05) is 35.0 Å². The number of rotatable bonds is 3. The summed E-state index contributed by atoms with van der Waals surface area (Å²) in [6, 6.07) is 9.92. The van der Waals surface area contributed by atoms with Crippen LogP contribution in [0.5, 0.6) is 0 Å². The first-order valence-corrected chi connectivity index (χ1v) is 7.97. The molecule has 1 aliphatic rings. The summed E-state index contributed by atoms with van der Waals surface area (Å²) in [7, 11) is 0. The molecular formula is C17H19N5O2. The van der Waals surface area contributed by atoms with Crippen LogP contribution in [0, 0.1) is 24.2 Å². The average molecular weight is 325 g/mol. The molecule has 1 aliphatic heterocycles. The molecule has 7 nitrogen and oxygen atoms in total. The third-order valence-electron chi connectivity index (χ3n) is 4.13. The summed E-state index contributed by atoms with van der Waals surface area (Å²) in [5, 5.41) is 15.6. The van der Waals surface area contributed by atoms with Gasteiger partial charge in [0.1, 0.15) is 0 Å². The van der Waals surface area contributed by atoms with Crippen molar-refractivity contribution in [1.29, 1.82) is 5.26 Å². The lowest BCUT2D eigenvalue weighted by molar-refractivity contribution is 0.177. The van der Waals surface area contributed by atoms with Gasteiger partial charge >= 0.3 is 6.03 Å². The fraction of sp³-hybridized carbons (Fsp3) is 0.412. The number of hydrogen-bond donors (Lipinski definition) is 1. The highest BCUT2D eigenvalue weighted by Gasteiger charge is 2.22. The topological polar surface area (TPSA) is 95.0 Å². The Balaban J connectivity index is 1.53. The first-order chi connectivity index (χ1) is 11.7. The summed E-state index contributed by atoms with van der Waals surface area (Å²) in [6.45, 7) is 3.40. The van der Waals surface area contributed by atoms with Crippen LogP contribution in [-0.4, -0.2) is 34.2 Å². The lowest BCUT2D eigenvalue weighted by atomic mass is 9.99. The van der Waals surface area contributed by atoms with Gasteiger partial charge in [-0.2, -0.15) is 10.2 Å². The van der Waals surface area contributed by atoms with E-state index in [0.29, 0.717) is 24.8 Å². The summed E-state index contributed by atoms with van der Waals surface area (Å²) >= 11 is 0. The van der Waals surface area contributed by atoms with Crippen molar-refractivity contribution in [3.8, 4) is 17.5 Å². The van der Waals surface area contributed by atoms with Crippen LogP contribution in [0.2, 0.25) is 0 Å². The van der Waals surface area contributed by atoms with Crippen LogP contribution in [0.4, 0.5) is 4.79 Å². The van der Waals surface area contributed by atoms with Crippen molar-refractivity contribution >= 4 is 6.03 Å². The van der Waals surface area contributed by atoms with Gasteiger partial charge in [-0.3, -0.25) is 0 Å². The van der Waals surface area contributed by atoms with Gasteiger partial charge in [-0.15, -0.1) is 0 Å². The van der Waals surface area contributed by atoms with E-state index in [2.05, 4.69) is 21.5 Å². The molecule has 1 aromatic heterocycles.